The first-order chi connectivity index (χ1) is 16.6. The molecule has 0 bridgehead atoms. The summed E-state index contributed by atoms with van der Waals surface area (Å²) in [6, 6.07) is 22.1. The van der Waals surface area contributed by atoms with Crippen molar-refractivity contribution in [1.82, 2.24) is 9.80 Å². The van der Waals surface area contributed by atoms with Crippen molar-refractivity contribution in [2.24, 2.45) is 0 Å². The van der Waals surface area contributed by atoms with Crippen LogP contribution in [0.2, 0.25) is 0 Å². The largest absolute Gasteiger partial charge is 0.497 e. The van der Waals surface area contributed by atoms with E-state index in [-0.39, 0.29) is 0 Å². The van der Waals surface area contributed by atoms with Crippen molar-refractivity contribution in [3.8, 4) is 23.0 Å². The fourth-order valence-corrected chi connectivity index (χ4v) is 3.91. The van der Waals surface area contributed by atoms with Gasteiger partial charge < -0.3 is 23.8 Å². The molecule has 0 N–H and O–H groups in total. The van der Waals surface area contributed by atoms with Crippen LogP contribution in [0.1, 0.15) is 16.7 Å². The molecule has 1 fully saturated rings. The van der Waals surface area contributed by atoms with Crippen molar-refractivity contribution in [2.45, 2.75) is 19.8 Å². The van der Waals surface area contributed by atoms with Gasteiger partial charge in [-0.05, 0) is 60.1 Å². The van der Waals surface area contributed by atoms with Crippen LogP contribution in [0.5, 0.6) is 23.0 Å². The predicted octanol–water partition coefficient (Wildman–Crippen LogP) is 4.61. The molecule has 0 spiro atoms. The average Bonchev–Trinajstić information content (AvgIpc) is 2.89. The fourth-order valence-electron chi connectivity index (χ4n) is 3.91. The van der Waals surface area contributed by atoms with Crippen LogP contribution in [0.3, 0.4) is 0 Å². The molecule has 0 amide bonds. The number of piperazine rings is 1. The van der Waals surface area contributed by atoms with Crippen molar-refractivity contribution in [2.75, 3.05) is 47.4 Å². The molecule has 180 valence electrons. The van der Waals surface area contributed by atoms with E-state index in [0.717, 1.165) is 66.8 Å². The zero-order chi connectivity index (χ0) is 23.8. The van der Waals surface area contributed by atoms with Gasteiger partial charge in [0.2, 0.25) is 0 Å². The maximum atomic E-state index is 6.26. The van der Waals surface area contributed by atoms with Crippen LogP contribution in [0, 0.1) is 0 Å². The normalized spacial score (nSPS) is 14.6. The van der Waals surface area contributed by atoms with Gasteiger partial charge in [0.1, 0.15) is 24.7 Å². The van der Waals surface area contributed by atoms with E-state index in [4.69, 9.17) is 18.9 Å². The summed E-state index contributed by atoms with van der Waals surface area (Å²) in [5.41, 5.74) is 3.38. The molecule has 1 aliphatic heterocycles. The Labute approximate surface area is 202 Å². The summed E-state index contributed by atoms with van der Waals surface area (Å²) in [4.78, 5) is 4.86. The summed E-state index contributed by atoms with van der Waals surface area (Å²) in [5, 5.41) is 0. The Hall–Kier alpha value is -3.22. The summed E-state index contributed by atoms with van der Waals surface area (Å²) in [6.07, 6.45) is 0. The van der Waals surface area contributed by atoms with Crippen molar-refractivity contribution in [3.63, 3.8) is 0 Å². The smallest absolute Gasteiger partial charge is 0.162 e. The molecule has 34 heavy (non-hydrogen) atoms. The Balaban J connectivity index is 1.46. The molecule has 3 aromatic rings. The molecule has 0 atom stereocenters. The molecule has 0 aromatic heterocycles. The predicted molar refractivity (Wildman–Crippen MR) is 134 cm³/mol. The van der Waals surface area contributed by atoms with E-state index in [2.05, 4.69) is 29.0 Å². The number of methoxy groups -OCH3 is 2. The minimum Gasteiger partial charge on any atom is -0.497 e. The van der Waals surface area contributed by atoms with Gasteiger partial charge in [-0.25, -0.2) is 0 Å². The number of rotatable bonds is 10. The molecule has 1 aliphatic rings. The molecular weight excluding hydrogens is 428 g/mol. The summed E-state index contributed by atoms with van der Waals surface area (Å²) in [5.74, 6) is 3.17. The topological polar surface area (TPSA) is 43.4 Å². The molecule has 1 saturated heterocycles. The quantitative estimate of drug-likeness (QED) is 0.438. The third-order valence-electron chi connectivity index (χ3n) is 6.12. The first kappa shape index (κ1) is 23.9. The summed E-state index contributed by atoms with van der Waals surface area (Å²) in [7, 11) is 5.52. The lowest BCUT2D eigenvalue weighted by Gasteiger charge is -2.32. The first-order valence-electron chi connectivity index (χ1n) is 11.7. The third-order valence-corrected chi connectivity index (χ3v) is 6.12. The highest BCUT2D eigenvalue weighted by Gasteiger charge is 2.15. The van der Waals surface area contributed by atoms with E-state index in [9.17, 15) is 0 Å². The van der Waals surface area contributed by atoms with E-state index in [1.54, 1.807) is 14.2 Å². The molecule has 6 nitrogen and oxygen atoms in total. The van der Waals surface area contributed by atoms with Gasteiger partial charge in [-0.15, -0.1) is 0 Å². The second-order valence-electron chi connectivity index (χ2n) is 8.63. The van der Waals surface area contributed by atoms with E-state index in [1.165, 1.54) is 5.56 Å². The van der Waals surface area contributed by atoms with Gasteiger partial charge in [-0.1, -0.05) is 30.3 Å². The van der Waals surface area contributed by atoms with Crippen LogP contribution >= 0.6 is 0 Å². The van der Waals surface area contributed by atoms with Gasteiger partial charge >= 0.3 is 0 Å². The number of benzene rings is 3. The fraction of sp³-hybridized carbons (Fsp3) is 0.357. The van der Waals surface area contributed by atoms with Gasteiger partial charge in [0, 0.05) is 32.7 Å². The minimum absolute atomic E-state index is 0.459. The number of nitrogens with zero attached hydrogens (tertiary/aromatic N) is 2. The second kappa shape index (κ2) is 11.8. The number of hydrogen-bond donors (Lipinski definition) is 0. The molecule has 3 aromatic carbocycles. The minimum atomic E-state index is 0.459. The highest BCUT2D eigenvalue weighted by Crippen LogP contribution is 2.31. The van der Waals surface area contributed by atoms with Gasteiger partial charge in [0.05, 0.1) is 14.2 Å². The zero-order valence-corrected chi connectivity index (χ0v) is 20.3. The van der Waals surface area contributed by atoms with Crippen molar-refractivity contribution in [3.05, 3.63) is 83.4 Å². The van der Waals surface area contributed by atoms with Gasteiger partial charge in [0.25, 0.3) is 0 Å². The summed E-state index contributed by atoms with van der Waals surface area (Å²) < 4.78 is 22.9. The Morgan fingerprint density at radius 3 is 1.65 bits per heavy atom. The van der Waals surface area contributed by atoms with E-state index >= 15 is 0 Å². The number of likely N-dealkylation sites (N-methyl/N-ethyl adjacent to an activating group) is 1. The molecule has 0 aliphatic carbocycles. The lowest BCUT2D eigenvalue weighted by atomic mass is 10.1. The Bertz CT molecular complexity index is 1030. The average molecular weight is 463 g/mol. The van der Waals surface area contributed by atoms with E-state index in [0.29, 0.717) is 13.2 Å². The SMILES string of the molecule is COc1ccc(COc2ccc(CN3CCN(C)CC3)cc2OCc2ccc(OC)cc2)cc1. The van der Waals surface area contributed by atoms with Crippen molar-refractivity contribution >= 4 is 0 Å². The zero-order valence-electron chi connectivity index (χ0n) is 20.3. The lowest BCUT2D eigenvalue weighted by molar-refractivity contribution is 0.148. The summed E-state index contributed by atoms with van der Waals surface area (Å²) >= 11 is 0. The molecular formula is C28H34N2O4. The summed E-state index contributed by atoms with van der Waals surface area (Å²) in [6.45, 7) is 6.18. The molecule has 0 saturated carbocycles. The second-order valence-corrected chi connectivity index (χ2v) is 8.63. The number of ether oxygens (including phenoxy) is 4. The molecule has 0 unspecified atom stereocenters. The van der Waals surface area contributed by atoms with Crippen molar-refractivity contribution in [1.29, 1.82) is 0 Å². The highest BCUT2D eigenvalue weighted by atomic mass is 16.5. The van der Waals surface area contributed by atoms with Crippen molar-refractivity contribution < 1.29 is 18.9 Å². The maximum Gasteiger partial charge on any atom is 0.162 e. The molecule has 0 radical (unpaired) electrons. The van der Waals surface area contributed by atoms with E-state index < -0.39 is 0 Å². The van der Waals surface area contributed by atoms with Crippen LogP contribution in [0.25, 0.3) is 0 Å². The number of hydrogen-bond acceptors (Lipinski definition) is 6. The van der Waals surface area contributed by atoms with Gasteiger partial charge in [-0.3, -0.25) is 4.90 Å². The Morgan fingerprint density at radius 1 is 0.618 bits per heavy atom. The maximum absolute atomic E-state index is 6.26. The van der Waals surface area contributed by atoms with Crippen LogP contribution in [-0.2, 0) is 19.8 Å². The van der Waals surface area contributed by atoms with Crippen LogP contribution in [-0.4, -0.2) is 57.2 Å². The Kier molecular flexibility index (Phi) is 8.28. The monoisotopic (exact) mass is 462 g/mol. The van der Waals surface area contributed by atoms with Crippen LogP contribution in [0.4, 0.5) is 0 Å². The van der Waals surface area contributed by atoms with Gasteiger partial charge in [-0.2, -0.15) is 0 Å². The third kappa shape index (κ3) is 6.65. The van der Waals surface area contributed by atoms with Gasteiger partial charge in [0.15, 0.2) is 11.5 Å². The standard InChI is InChI=1S/C28H34N2O4/c1-29-14-16-30(17-15-29)19-24-8-13-27(33-20-22-4-9-25(31-2)10-5-22)28(18-24)34-21-23-6-11-26(32-3)12-7-23/h4-13,18H,14-17,19-21H2,1-3H3. The molecule has 6 heteroatoms. The Morgan fingerprint density at radius 2 is 1.12 bits per heavy atom. The van der Waals surface area contributed by atoms with Crippen LogP contribution in [0.15, 0.2) is 66.7 Å². The van der Waals surface area contributed by atoms with Crippen LogP contribution < -0.4 is 18.9 Å². The molecule has 1 heterocycles. The van der Waals surface area contributed by atoms with E-state index in [1.807, 2.05) is 54.6 Å². The highest BCUT2D eigenvalue weighted by molar-refractivity contribution is 5.43. The molecule has 4 rings (SSSR count). The lowest BCUT2D eigenvalue weighted by Crippen LogP contribution is -2.43. The first-order valence-corrected chi connectivity index (χ1v) is 11.7.